The molecule has 0 amide bonds. The first kappa shape index (κ1) is 14.9. The average Bonchev–Trinajstić information content (AvgIpc) is 2.46. The number of methoxy groups -OCH3 is 1. The van der Waals surface area contributed by atoms with Gasteiger partial charge in [0.05, 0.1) is 18.0 Å². The van der Waals surface area contributed by atoms with Crippen LogP contribution in [0.2, 0.25) is 5.02 Å². The molecule has 106 valence electrons. The number of ether oxygens (including phenoxy) is 2. The van der Waals surface area contributed by atoms with Crippen molar-refractivity contribution < 1.29 is 13.9 Å². The zero-order chi connectivity index (χ0) is 14.5. The molecule has 0 spiro atoms. The molecule has 0 fully saturated rings. The monoisotopic (exact) mass is 314 g/mol. The molecule has 2 aromatic carbocycles. The molecule has 0 heterocycles. The fourth-order valence-electron chi connectivity index (χ4n) is 1.74. The topological polar surface area (TPSA) is 18.5 Å². The highest BCUT2D eigenvalue weighted by Crippen LogP contribution is 2.30. The van der Waals surface area contributed by atoms with E-state index in [0.29, 0.717) is 22.1 Å². The Morgan fingerprint density at radius 1 is 1.15 bits per heavy atom. The first-order chi connectivity index (χ1) is 9.65. The molecule has 0 unspecified atom stereocenters. The van der Waals surface area contributed by atoms with Crippen molar-refractivity contribution in [3.8, 4) is 11.5 Å². The van der Waals surface area contributed by atoms with Crippen molar-refractivity contribution in [2.24, 2.45) is 0 Å². The summed E-state index contributed by atoms with van der Waals surface area (Å²) in [6.45, 7) is 0.0729. The number of alkyl halides is 1. The van der Waals surface area contributed by atoms with Crippen molar-refractivity contribution in [1.29, 1.82) is 0 Å². The Balaban J connectivity index is 2.17. The van der Waals surface area contributed by atoms with Crippen LogP contribution in [0.1, 0.15) is 11.1 Å². The third kappa shape index (κ3) is 3.35. The normalized spacial score (nSPS) is 10.4. The Labute approximate surface area is 127 Å². The minimum atomic E-state index is -0.385. The SMILES string of the molecule is COc1ccc(COc2c(Cl)cccc2CCl)c(F)c1. The highest BCUT2D eigenvalue weighted by atomic mass is 35.5. The zero-order valence-corrected chi connectivity index (χ0v) is 12.3. The highest BCUT2D eigenvalue weighted by Gasteiger charge is 2.10. The second-order valence-electron chi connectivity index (χ2n) is 4.11. The van der Waals surface area contributed by atoms with E-state index in [9.17, 15) is 4.39 Å². The molecule has 0 aliphatic heterocycles. The molecule has 2 rings (SSSR count). The fourth-order valence-corrected chi connectivity index (χ4v) is 2.20. The van der Waals surface area contributed by atoms with E-state index < -0.39 is 0 Å². The Hall–Kier alpha value is -1.45. The van der Waals surface area contributed by atoms with Crippen LogP contribution in [0.15, 0.2) is 36.4 Å². The summed E-state index contributed by atoms with van der Waals surface area (Å²) in [7, 11) is 1.49. The number of rotatable bonds is 5. The van der Waals surface area contributed by atoms with Crippen LogP contribution in [-0.4, -0.2) is 7.11 Å². The fraction of sp³-hybridized carbons (Fsp3) is 0.200. The Morgan fingerprint density at radius 2 is 1.95 bits per heavy atom. The molecule has 2 aromatic rings. The minimum Gasteiger partial charge on any atom is -0.497 e. The molecule has 20 heavy (non-hydrogen) atoms. The molecule has 0 saturated heterocycles. The van der Waals surface area contributed by atoms with Crippen molar-refractivity contribution >= 4 is 23.2 Å². The third-order valence-corrected chi connectivity index (χ3v) is 3.41. The Kier molecular flexibility index (Phi) is 5.10. The summed E-state index contributed by atoms with van der Waals surface area (Å²) in [5.41, 5.74) is 1.19. The molecule has 0 bridgehead atoms. The number of halogens is 3. The van der Waals surface area contributed by atoms with Gasteiger partial charge in [0.15, 0.2) is 0 Å². The molecular weight excluding hydrogens is 302 g/mol. The van der Waals surface area contributed by atoms with Gasteiger partial charge in [-0.2, -0.15) is 0 Å². The lowest BCUT2D eigenvalue weighted by molar-refractivity contribution is 0.297. The van der Waals surface area contributed by atoms with Gasteiger partial charge in [-0.15, -0.1) is 11.6 Å². The van der Waals surface area contributed by atoms with Crippen LogP contribution in [0.5, 0.6) is 11.5 Å². The van der Waals surface area contributed by atoms with Gasteiger partial charge in [-0.3, -0.25) is 0 Å². The van der Waals surface area contributed by atoms with Crippen molar-refractivity contribution in [1.82, 2.24) is 0 Å². The molecule has 0 aliphatic rings. The lowest BCUT2D eigenvalue weighted by Crippen LogP contribution is -2.01. The van der Waals surface area contributed by atoms with Crippen LogP contribution in [0.4, 0.5) is 4.39 Å². The molecule has 2 nitrogen and oxygen atoms in total. The molecule has 0 aliphatic carbocycles. The second kappa shape index (κ2) is 6.82. The number of para-hydroxylation sites is 1. The van der Waals surface area contributed by atoms with Crippen LogP contribution < -0.4 is 9.47 Å². The standard InChI is InChI=1S/C15H13Cl2FO2/c1-19-12-6-5-11(14(18)7-12)9-20-15-10(8-16)3-2-4-13(15)17/h2-7H,8-9H2,1H3. The van der Waals surface area contributed by atoms with Gasteiger partial charge >= 0.3 is 0 Å². The summed E-state index contributed by atoms with van der Waals surface area (Å²) in [4.78, 5) is 0. The van der Waals surface area contributed by atoms with E-state index in [-0.39, 0.29) is 18.3 Å². The van der Waals surface area contributed by atoms with Crippen LogP contribution in [0.25, 0.3) is 0 Å². The van der Waals surface area contributed by atoms with Crippen LogP contribution in [0.3, 0.4) is 0 Å². The maximum atomic E-state index is 13.8. The van der Waals surface area contributed by atoms with Crippen LogP contribution in [0, 0.1) is 5.82 Å². The van der Waals surface area contributed by atoms with Crippen molar-refractivity contribution in [3.05, 3.63) is 58.4 Å². The van der Waals surface area contributed by atoms with Crippen molar-refractivity contribution in [3.63, 3.8) is 0 Å². The van der Waals surface area contributed by atoms with Gasteiger partial charge in [-0.1, -0.05) is 23.7 Å². The van der Waals surface area contributed by atoms with E-state index in [1.807, 2.05) is 6.07 Å². The lowest BCUT2D eigenvalue weighted by atomic mass is 10.2. The van der Waals surface area contributed by atoms with E-state index >= 15 is 0 Å². The minimum absolute atomic E-state index is 0.0729. The summed E-state index contributed by atoms with van der Waals surface area (Å²) in [6.07, 6.45) is 0. The number of hydrogen-bond donors (Lipinski definition) is 0. The van der Waals surface area contributed by atoms with Gasteiger partial charge in [-0.05, 0) is 18.2 Å². The Morgan fingerprint density at radius 3 is 2.60 bits per heavy atom. The average molecular weight is 315 g/mol. The van der Waals surface area contributed by atoms with E-state index in [2.05, 4.69) is 0 Å². The summed E-state index contributed by atoms with van der Waals surface area (Å²) in [5.74, 6) is 0.842. The molecule has 0 atom stereocenters. The second-order valence-corrected chi connectivity index (χ2v) is 4.78. The first-order valence-corrected chi connectivity index (χ1v) is 6.85. The van der Waals surface area contributed by atoms with Gasteiger partial charge < -0.3 is 9.47 Å². The largest absolute Gasteiger partial charge is 0.497 e. The quantitative estimate of drug-likeness (QED) is 0.738. The lowest BCUT2D eigenvalue weighted by Gasteiger charge is -2.12. The predicted octanol–water partition coefficient (Wildman–Crippen LogP) is 4.81. The Bertz CT molecular complexity index is 602. The van der Waals surface area contributed by atoms with Gasteiger partial charge in [0.2, 0.25) is 0 Å². The molecule has 0 saturated carbocycles. The maximum absolute atomic E-state index is 13.8. The van der Waals surface area contributed by atoms with Gasteiger partial charge in [0.1, 0.15) is 23.9 Å². The van der Waals surface area contributed by atoms with Crippen molar-refractivity contribution in [2.75, 3.05) is 7.11 Å². The van der Waals surface area contributed by atoms with Gasteiger partial charge in [0, 0.05) is 17.2 Å². The summed E-state index contributed by atoms with van der Waals surface area (Å²) >= 11 is 11.9. The zero-order valence-electron chi connectivity index (χ0n) is 10.8. The summed E-state index contributed by atoms with van der Waals surface area (Å²) in [6, 6.07) is 9.92. The van der Waals surface area contributed by atoms with Crippen molar-refractivity contribution in [2.45, 2.75) is 12.5 Å². The van der Waals surface area contributed by atoms with E-state index in [4.69, 9.17) is 32.7 Å². The molecule has 5 heteroatoms. The van der Waals surface area contributed by atoms with E-state index in [1.165, 1.54) is 13.2 Å². The summed E-state index contributed by atoms with van der Waals surface area (Å²) < 4.78 is 24.4. The maximum Gasteiger partial charge on any atom is 0.142 e. The molecule has 0 aromatic heterocycles. The van der Waals surface area contributed by atoms with Crippen LogP contribution >= 0.6 is 23.2 Å². The smallest absolute Gasteiger partial charge is 0.142 e. The molecule has 0 radical (unpaired) electrons. The van der Waals surface area contributed by atoms with E-state index in [0.717, 1.165) is 5.56 Å². The predicted molar refractivity (Wildman–Crippen MR) is 78.3 cm³/mol. The molecule has 0 N–H and O–H groups in total. The number of benzene rings is 2. The third-order valence-electron chi connectivity index (χ3n) is 2.82. The first-order valence-electron chi connectivity index (χ1n) is 5.94. The molecular formula is C15H13Cl2FO2. The van der Waals surface area contributed by atoms with Gasteiger partial charge in [-0.25, -0.2) is 4.39 Å². The van der Waals surface area contributed by atoms with Gasteiger partial charge in [0.25, 0.3) is 0 Å². The van der Waals surface area contributed by atoms with Crippen LogP contribution in [-0.2, 0) is 12.5 Å². The summed E-state index contributed by atoms with van der Waals surface area (Å²) in [5, 5.41) is 0.456. The van der Waals surface area contributed by atoms with E-state index in [1.54, 1.807) is 24.3 Å². The number of hydrogen-bond acceptors (Lipinski definition) is 2. The highest BCUT2D eigenvalue weighted by molar-refractivity contribution is 6.32.